The van der Waals surface area contributed by atoms with E-state index in [1.807, 2.05) is 36.4 Å². The first-order chi connectivity index (χ1) is 9.72. The maximum atomic E-state index is 10.0. The molecule has 0 atom stereocenters. The second-order valence-electron chi connectivity index (χ2n) is 4.85. The number of halogens is 1. The molecular formula is C17H15BrO2. The standard InChI is InChI=1S/C17H15BrO2/c18-15-6-4-12(5-7-15)2-1-3-13-11-17-14(8-9-20-17)10-16(13)19/h1-2,4-7,10-11,19H,3,8-9H2/b2-1+. The minimum absolute atomic E-state index is 0.356. The van der Waals surface area contributed by atoms with Crippen LogP contribution in [-0.4, -0.2) is 11.7 Å². The topological polar surface area (TPSA) is 29.5 Å². The van der Waals surface area contributed by atoms with Crippen molar-refractivity contribution in [3.8, 4) is 11.5 Å². The van der Waals surface area contributed by atoms with Crippen LogP contribution in [0.15, 0.2) is 46.9 Å². The summed E-state index contributed by atoms with van der Waals surface area (Å²) in [6.45, 7) is 0.715. The van der Waals surface area contributed by atoms with E-state index >= 15 is 0 Å². The van der Waals surface area contributed by atoms with Crippen molar-refractivity contribution in [2.24, 2.45) is 0 Å². The lowest BCUT2D eigenvalue weighted by atomic mass is 10.0. The van der Waals surface area contributed by atoms with Crippen molar-refractivity contribution in [3.05, 3.63) is 63.6 Å². The van der Waals surface area contributed by atoms with Crippen LogP contribution >= 0.6 is 15.9 Å². The molecular weight excluding hydrogens is 316 g/mol. The third-order valence-electron chi connectivity index (χ3n) is 3.41. The van der Waals surface area contributed by atoms with Gasteiger partial charge in [0.25, 0.3) is 0 Å². The zero-order chi connectivity index (χ0) is 13.9. The molecule has 0 bridgehead atoms. The van der Waals surface area contributed by atoms with Crippen LogP contribution in [0.2, 0.25) is 0 Å². The van der Waals surface area contributed by atoms with Crippen molar-refractivity contribution >= 4 is 22.0 Å². The van der Waals surface area contributed by atoms with E-state index in [9.17, 15) is 5.11 Å². The summed E-state index contributed by atoms with van der Waals surface area (Å²) in [5.74, 6) is 1.27. The summed E-state index contributed by atoms with van der Waals surface area (Å²) >= 11 is 3.42. The number of hydrogen-bond donors (Lipinski definition) is 1. The Bertz CT molecular complexity index is 645. The van der Waals surface area contributed by atoms with Gasteiger partial charge in [0.05, 0.1) is 6.61 Å². The molecule has 20 heavy (non-hydrogen) atoms. The van der Waals surface area contributed by atoms with Gasteiger partial charge in [-0.2, -0.15) is 0 Å². The summed E-state index contributed by atoms with van der Waals surface area (Å²) in [7, 11) is 0. The Morgan fingerprint density at radius 1 is 1.20 bits per heavy atom. The third-order valence-corrected chi connectivity index (χ3v) is 3.94. The van der Waals surface area contributed by atoms with Crippen LogP contribution in [0.3, 0.4) is 0 Å². The van der Waals surface area contributed by atoms with Gasteiger partial charge in [0.1, 0.15) is 11.5 Å². The van der Waals surface area contributed by atoms with E-state index in [4.69, 9.17) is 4.74 Å². The molecule has 1 heterocycles. The van der Waals surface area contributed by atoms with Crippen LogP contribution in [0, 0.1) is 0 Å². The molecule has 0 saturated carbocycles. The Kier molecular flexibility index (Phi) is 3.79. The Balaban J connectivity index is 1.73. The second-order valence-corrected chi connectivity index (χ2v) is 5.76. The van der Waals surface area contributed by atoms with Gasteiger partial charge >= 0.3 is 0 Å². The number of hydrogen-bond acceptors (Lipinski definition) is 2. The van der Waals surface area contributed by atoms with Crippen LogP contribution in [0.25, 0.3) is 6.08 Å². The van der Waals surface area contributed by atoms with Gasteiger partial charge in [-0.3, -0.25) is 0 Å². The van der Waals surface area contributed by atoms with Gasteiger partial charge in [-0.25, -0.2) is 0 Å². The number of phenols is 1. The van der Waals surface area contributed by atoms with Gasteiger partial charge in [0.15, 0.2) is 0 Å². The summed E-state index contributed by atoms with van der Waals surface area (Å²) in [6.07, 6.45) is 5.69. The highest BCUT2D eigenvalue weighted by molar-refractivity contribution is 9.10. The molecule has 2 aromatic carbocycles. The average molecular weight is 331 g/mol. The maximum Gasteiger partial charge on any atom is 0.123 e. The lowest BCUT2D eigenvalue weighted by Gasteiger charge is -2.05. The fourth-order valence-corrected chi connectivity index (χ4v) is 2.58. The quantitative estimate of drug-likeness (QED) is 0.906. The van der Waals surface area contributed by atoms with Crippen molar-refractivity contribution in [1.29, 1.82) is 0 Å². The molecule has 0 radical (unpaired) electrons. The van der Waals surface area contributed by atoms with Crippen LogP contribution in [-0.2, 0) is 12.8 Å². The van der Waals surface area contributed by atoms with Crippen molar-refractivity contribution in [3.63, 3.8) is 0 Å². The van der Waals surface area contributed by atoms with E-state index in [1.165, 1.54) is 0 Å². The Hall–Kier alpha value is -1.74. The van der Waals surface area contributed by atoms with E-state index in [2.05, 4.69) is 28.1 Å². The van der Waals surface area contributed by atoms with Crippen molar-refractivity contribution in [2.75, 3.05) is 6.61 Å². The molecule has 0 aromatic heterocycles. The van der Waals surface area contributed by atoms with Gasteiger partial charge < -0.3 is 9.84 Å². The molecule has 2 nitrogen and oxygen atoms in total. The number of allylic oxidation sites excluding steroid dienone is 1. The smallest absolute Gasteiger partial charge is 0.123 e. The molecule has 102 valence electrons. The minimum atomic E-state index is 0.356. The van der Waals surface area contributed by atoms with E-state index in [-0.39, 0.29) is 0 Å². The van der Waals surface area contributed by atoms with Crippen LogP contribution in [0.1, 0.15) is 16.7 Å². The highest BCUT2D eigenvalue weighted by Crippen LogP contribution is 2.32. The third kappa shape index (κ3) is 2.88. The van der Waals surface area contributed by atoms with Gasteiger partial charge in [0.2, 0.25) is 0 Å². The molecule has 0 unspecified atom stereocenters. The van der Waals surface area contributed by atoms with Crippen LogP contribution < -0.4 is 4.74 Å². The molecule has 0 fully saturated rings. The number of aromatic hydroxyl groups is 1. The number of fused-ring (bicyclic) bond motifs is 1. The number of benzene rings is 2. The Morgan fingerprint density at radius 3 is 2.80 bits per heavy atom. The molecule has 1 aliphatic rings. The SMILES string of the molecule is Oc1cc2c(cc1C/C=C/c1ccc(Br)cc1)OCC2. The monoisotopic (exact) mass is 330 g/mol. The van der Waals surface area contributed by atoms with Crippen molar-refractivity contribution in [2.45, 2.75) is 12.8 Å². The number of rotatable bonds is 3. The fraction of sp³-hybridized carbons (Fsp3) is 0.176. The minimum Gasteiger partial charge on any atom is -0.508 e. The first-order valence-electron chi connectivity index (χ1n) is 6.62. The number of ether oxygens (including phenoxy) is 1. The lowest BCUT2D eigenvalue weighted by Crippen LogP contribution is -1.87. The van der Waals surface area contributed by atoms with E-state index in [0.717, 1.165) is 33.3 Å². The molecule has 3 rings (SSSR count). The molecule has 0 aliphatic carbocycles. The van der Waals surface area contributed by atoms with Gasteiger partial charge in [-0.1, -0.05) is 40.2 Å². The van der Waals surface area contributed by atoms with Crippen molar-refractivity contribution < 1.29 is 9.84 Å². The summed E-state index contributed by atoms with van der Waals surface area (Å²) in [5, 5.41) is 10.0. The molecule has 2 aromatic rings. The summed E-state index contributed by atoms with van der Waals surface area (Å²) in [5.41, 5.74) is 3.15. The van der Waals surface area contributed by atoms with Crippen LogP contribution in [0.5, 0.6) is 11.5 Å². The van der Waals surface area contributed by atoms with E-state index in [1.54, 1.807) is 0 Å². The maximum absolute atomic E-state index is 10.0. The molecule has 0 spiro atoms. The zero-order valence-corrected chi connectivity index (χ0v) is 12.6. The first kappa shape index (κ1) is 13.3. The normalized spacial score (nSPS) is 13.4. The molecule has 3 heteroatoms. The Morgan fingerprint density at radius 2 is 2.00 bits per heavy atom. The predicted octanol–water partition coefficient (Wildman–Crippen LogP) is 4.35. The van der Waals surface area contributed by atoms with E-state index < -0.39 is 0 Å². The summed E-state index contributed by atoms with van der Waals surface area (Å²) in [4.78, 5) is 0. The average Bonchev–Trinajstić information content (AvgIpc) is 2.88. The first-order valence-corrected chi connectivity index (χ1v) is 7.41. The van der Waals surface area contributed by atoms with E-state index in [0.29, 0.717) is 18.8 Å². The number of phenolic OH excluding ortho intramolecular Hbond substituents is 1. The molecule has 1 aliphatic heterocycles. The van der Waals surface area contributed by atoms with Crippen LogP contribution in [0.4, 0.5) is 0 Å². The summed E-state index contributed by atoms with van der Waals surface area (Å²) < 4.78 is 6.60. The largest absolute Gasteiger partial charge is 0.508 e. The highest BCUT2D eigenvalue weighted by atomic mass is 79.9. The zero-order valence-electron chi connectivity index (χ0n) is 11.0. The van der Waals surface area contributed by atoms with Gasteiger partial charge in [-0.05, 0) is 36.2 Å². The summed E-state index contributed by atoms with van der Waals surface area (Å²) in [6, 6.07) is 11.9. The lowest BCUT2D eigenvalue weighted by molar-refractivity contribution is 0.356. The fourth-order valence-electron chi connectivity index (χ4n) is 2.31. The van der Waals surface area contributed by atoms with Crippen molar-refractivity contribution in [1.82, 2.24) is 0 Å². The second kappa shape index (κ2) is 5.71. The molecule has 0 amide bonds. The van der Waals surface area contributed by atoms with Gasteiger partial charge in [0, 0.05) is 22.0 Å². The predicted molar refractivity (Wildman–Crippen MR) is 84.2 cm³/mol. The molecule has 0 saturated heterocycles. The molecule has 1 N–H and O–H groups in total. The Labute approximate surface area is 126 Å². The van der Waals surface area contributed by atoms with Gasteiger partial charge in [-0.15, -0.1) is 0 Å². The highest BCUT2D eigenvalue weighted by Gasteiger charge is 2.14.